The minimum absolute atomic E-state index is 0.435. The normalized spacial score (nSPS) is 12.9. The van der Waals surface area contributed by atoms with E-state index < -0.39 is 0 Å². The van der Waals surface area contributed by atoms with Crippen molar-refractivity contribution in [1.29, 1.82) is 0 Å². The molecule has 2 aromatic rings. The van der Waals surface area contributed by atoms with Crippen molar-refractivity contribution >= 4 is 33.7 Å². The van der Waals surface area contributed by atoms with E-state index in [0.29, 0.717) is 5.25 Å². The average Bonchev–Trinajstić information content (AvgIpc) is 3.07. The Morgan fingerprint density at radius 1 is 1.32 bits per heavy atom. The summed E-state index contributed by atoms with van der Waals surface area (Å²) in [6.45, 7) is 6.73. The van der Waals surface area contributed by atoms with Crippen LogP contribution in [0.4, 0.5) is 0 Å². The largest absolute Gasteiger partial charge is 0.355 e. The number of aliphatic imine (C=N–C) groups is 1. The first-order chi connectivity index (χ1) is 12.1. The van der Waals surface area contributed by atoms with Gasteiger partial charge in [-0.1, -0.05) is 29.8 Å². The molecule has 2 rings (SSSR count). The van der Waals surface area contributed by atoms with E-state index in [9.17, 15) is 0 Å². The van der Waals surface area contributed by atoms with E-state index in [1.165, 1.54) is 4.90 Å². The Bertz CT molecular complexity index is 670. The fourth-order valence-electron chi connectivity index (χ4n) is 2.28. The lowest BCUT2D eigenvalue weighted by Gasteiger charge is -2.16. The van der Waals surface area contributed by atoms with E-state index in [-0.39, 0.29) is 0 Å². The molecule has 1 aromatic heterocycles. The molecule has 0 aliphatic carbocycles. The summed E-state index contributed by atoms with van der Waals surface area (Å²) in [4.78, 5) is 5.54. The van der Waals surface area contributed by atoms with Crippen molar-refractivity contribution in [3.05, 3.63) is 40.9 Å². The molecule has 1 unspecified atom stereocenters. The molecule has 0 saturated heterocycles. The number of aromatic nitrogens is 3. The molecule has 1 heterocycles. The summed E-state index contributed by atoms with van der Waals surface area (Å²) >= 11 is 5.31. The van der Waals surface area contributed by atoms with Gasteiger partial charge < -0.3 is 15.2 Å². The van der Waals surface area contributed by atoms with Gasteiger partial charge in [0.15, 0.2) is 5.96 Å². The van der Waals surface area contributed by atoms with Crippen LogP contribution in [0.5, 0.6) is 0 Å². The van der Waals surface area contributed by atoms with Gasteiger partial charge in [0, 0.05) is 47.7 Å². The third-order valence-corrected chi connectivity index (χ3v) is 5.23. The van der Waals surface area contributed by atoms with Gasteiger partial charge in [-0.2, -0.15) is 0 Å². The lowest BCUT2D eigenvalue weighted by atomic mass is 10.4. The van der Waals surface area contributed by atoms with E-state index in [0.717, 1.165) is 42.3 Å². The summed E-state index contributed by atoms with van der Waals surface area (Å²) in [5.41, 5.74) is 0. The molecule has 136 valence electrons. The van der Waals surface area contributed by atoms with Crippen LogP contribution in [0.25, 0.3) is 0 Å². The van der Waals surface area contributed by atoms with E-state index >= 15 is 0 Å². The molecule has 1 atom stereocenters. The summed E-state index contributed by atoms with van der Waals surface area (Å²) in [7, 11) is 1.79. The lowest BCUT2D eigenvalue weighted by Crippen LogP contribution is -2.41. The maximum absolute atomic E-state index is 4.28. The molecule has 0 radical (unpaired) electrons. The van der Waals surface area contributed by atoms with Gasteiger partial charge in [0.05, 0.1) is 0 Å². The first-order valence-corrected chi connectivity index (χ1v) is 10.0. The number of aryl methyl sites for hydroxylation is 1. The number of hydrogen-bond donors (Lipinski definition) is 2. The highest BCUT2D eigenvalue weighted by molar-refractivity contribution is 9.10. The second-order valence-electron chi connectivity index (χ2n) is 5.56. The Labute approximate surface area is 162 Å². The van der Waals surface area contributed by atoms with E-state index in [4.69, 9.17) is 0 Å². The summed E-state index contributed by atoms with van der Waals surface area (Å²) in [5, 5.41) is 15.2. The van der Waals surface area contributed by atoms with Crippen LogP contribution in [-0.2, 0) is 13.0 Å². The smallest absolute Gasteiger partial charge is 0.191 e. The summed E-state index contributed by atoms with van der Waals surface area (Å²) in [6.07, 6.45) is 2.66. The van der Waals surface area contributed by atoms with Gasteiger partial charge in [-0.05, 0) is 24.3 Å². The van der Waals surface area contributed by atoms with Crippen molar-refractivity contribution < 1.29 is 0 Å². The van der Waals surface area contributed by atoms with Crippen molar-refractivity contribution in [2.75, 3.05) is 20.1 Å². The van der Waals surface area contributed by atoms with Gasteiger partial charge >= 0.3 is 0 Å². The highest BCUT2D eigenvalue weighted by atomic mass is 79.9. The molecule has 6 nitrogen and oxygen atoms in total. The molecule has 0 bridgehead atoms. The second kappa shape index (κ2) is 10.5. The molecule has 1 aromatic carbocycles. The fraction of sp³-hybridized carbons (Fsp3) is 0.471. The van der Waals surface area contributed by atoms with Gasteiger partial charge in [0.1, 0.15) is 12.2 Å². The lowest BCUT2D eigenvalue weighted by molar-refractivity contribution is 0.632. The number of rotatable bonds is 8. The van der Waals surface area contributed by atoms with Gasteiger partial charge in [-0.25, -0.2) is 0 Å². The van der Waals surface area contributed by atoms with Gasteiger partial charge in [0.25, 0.3) is 0 Å². The third-order valence-electron chi connectivity index (χ3n) is 3.59. The SMILES string of the molecule is CCc1nncn1CCNC(=NC)NCC(C)Sc1ccc(Br)cc1. The van der Waals surface area contributed by atoms with E-state index in [1.54, 1.807) is 13.4 Å². The topological polar surface area (TPSA) is 67.1 Å². The highest BCUT2D eigenvalue weighted by Gasteiger charge is 2.07. The number of nitrogens with one attached hydrogen (secondary N) is 2. The van der Waals surface area contributed by atoms with Crippen LogP contribution in [0.2, 0.25) is 0 Å². The molecular formula is C17H25BrN6S. The standard InChI is InChI=1S/C17H25BrN6S/c1-4-16-23-22-12-24(16)10-9-20-17(19-3)21-11-13(2)25-15-7-5-14(18)6-8-15/h5-8,12-13H,4,9-11H2,1-3H3,(H2,19,20,21). The second-order valence-corrected chi connectivity index (χ2v) is 7.98. The molecule has 0 saturated carbocycles. The van der Waals surface area contributed by atoms with Crippen molar-refractivity contribution in [2.24, 2.45) is 4.99 Å². The molecule has 0 fully saturated rings. The van der Waals surface area contributed by atoms with Crippen LogP contribution in [0.3, 0.4) is 0 Å². The maximum atomic E-state index is 4.28. The van der Waals surface area contributed by atoms with Gasteiger partial charge in [-0.15, -0.1) is 22.0 Å². The molecule has 0 amide bonds. The van der Waals surface area contributed by atoms with Crippen molar-refractivity contribution in [2.45, 2.75) is 37.0 Å². The van der Waals surface area contributed by atoms with Crippen LogP contribution in [0.15, 0.2) is 45.0 Å². The van der Waals surface area contributed by atoms with Crippen LogP contribution in [0.1, 0.15) is 19.7 Å². The minimum atomic E-state index is 0.435. The number of benzene rings is 1. The summed E-state index contributed by atoms with van der Waals surface area (Å²) in [5.74, 6) is 1.82. The Morgan fingerprint density at radius 2 is 2.08 bits per heavy atom. The fourth-order valence-corrected chi connectivity index (χ4v) is 3.47. The van der Waals surface area contributed by atoms with Gasteiger partial charge in [-0.3, -0.25) is 4.99 Å². The number of hydrogen-bond acceptors (Lipinski definition) is 4. The van der Waals surface area contributed by atoms with Crippen molar-refractivity contribution in [1.82, 2.24) is 25.4 Å². The summed E-state index contributed by atoms with van der Waals surface area (Å²) in [6, 6.07) is 8.39. The van der Waals surface area contributed by atoms with Gasteiger partial charge in [0.2, 0.25) is 0 Å². The minimum Gasteiger partial charge on any atom is -0.355 e. The first kappa shape index (κ1) is 19.8. The molecular weight excluding hydrogens is 400 g/mol. The first-order valence-electron chi connectivity index (χ1n) is 8.35. The quantitative estimate of drug-likeness (QED) is 0.387. The Morgan fingerprint density at radius 3 is 2.76 bits per heavy atom. The van der Waals surface area contributed by atoms with Crippen molar-refractivity contribution in [3.8, 4) is 0 Å². The molecule has 2 N–H and O–H groups in total. The average molecular weight is 425 g/mol. The van der Waals surface area contributed by atoms with E-state index in [1.807, 2.05) is 11.8 Å². The molecule has 25 heavy (non-hydrogen) atoms. The van der Waals surface area contributed by atoms with Crippen LogP contribution in [0, 0.1) is 0 Å². The molecule has 0 aliphatic heterocycles. The maximum Gasteiger partial charge on any atom is 0.191 e. The predicted molar refractivity (Wildman–Crippen MR) is 108 cm³/mol. The van der Waals surface area contributed by atoms with Crippen LogP contribution >= 0.6 is 27.7 Å². The number of nitrogens with zero attached hydrogens (tertiary/aromatic N) is 4. The molecule has 0 spiro atoms. The monoisotopic (exact) mass is 424 g/mol. The number of thioether (sulfide) groups is 1. The Kier molecular flexibility index (Phi) is 8.27. The highest BCUT2D eigenvalue weighted by Crippen LogP contribution is 2.24. The predicted octanol–water partition coefficient (Wildman–Crippen LogP) is 2.95. The summed E-state index contributed by atoms with van der Waals surface area (Å²) < 4.78 is 3.17. The molecule has 8 heteroatoms. The molecule has 0 aliphatic rings. The third kappa shape index (κ3) is 6.70. The van der Waals surface area contributed by atoms with Crippen LogP contribution < -0.4 is 10.6 Å². The Balaban J connectivity index is 1.71. The van der Waals surface area contributed by atoms with Crippen LogP contribution in [-0.4, -0.2) is 46.1 Å². The Hall–Kier alpha value is -1.54. The number of guanidine groups is 1. The number of halogens is 1. The van der Waals surface area contributed by atoms with E-state index in [2.05, 4.69) is 84.4 Å². The zero-order valence-electron chi connectivity index (χ0n) is 14.9. The zero-order valence-corrected chi connectivity index (χ0v) is 17.3. The zero-order chi connectivity index (χ0) is 18.1. The van der Waals surface area contributed by atoms with Crippen molar-refractivity contribution in [3.63, 3.8) is 0 Å².